The van der Waals surface area contributed by atoms with Gasteiger partial charge in [0.15, 0.2) is 0 Å². The number of rotatable bonds is 4. The Labute approximate surface area is 151 Å². The van der Waals surface area contributed by atoms with Crippen LogP contribution in [0.3, 0.4) is 0 Å². The molecule has 1 atom stereocenters. The molecule has 6 heteroatoms. The quantitative estimate of drug-likeness (QED) is 0.716. The number of aromatic nitrogens is 3. The molecule has 0 spiro atoms. The van der Waals surface area contributed by atoms with Gasteiger partial charge in [0.25, 0.3) is 0 Å². The molecule has 2 aromatic heterocycles. The molecule has 0 aliphatic carbocycles. The maximum absolute atomic E-state index is 13.9. The number of piperidine rings is 1. The topological polar surface area (TPSA) is 55.1 Å². The molecule has 3 aromatic rings. The minimum atomic E-state index is -0.221. The van der Waals surface area contributed by atoms with Gasteiger partial charge < -0.3 is 9.32 Å². The molecule has 0 amide bonds. The van der Waals surface area contributed by atoms with Crippen LogP contribution < -0.4 is 4.90 Å². The Kier molecular flexibility index (Phi) is 4.41. The Hall–Kier alpha value is -2.76. The first-order valence-electron chi connectivity index (χ1n) is 8.85. The summed E-state index contributed by atoms with van der Waals surface area (Å²) < 4.78 is 19.9. The molecule has 1 saturated heterocycles. The second-order valence-corrected chi connectivity index (χ2v) is 7.03. The Morgan fingerprint density at radius 1 is 1.15 bits per heavy atom. The molecule has 0 N–H and O–H groups in total. The van der Waals surface area contributed by atoms with Crippen molar-refractivity contribution < 1.29 is 8.81 Å². The number of halogens is 1. The summed E-state index contributed by atoms with van der Waals surface area (Å²) in [4.78, 5) is 15.4. The highest BCUT2D eigenvalue weighted by atomic mass is 19.1. The normalized spacial score (nSPS) is 20.3. The SMILES string of the molecule is C[C@]1(c2ncc(Cc3ccccc3F)o2)CCCN(c2ncccn2)C1. The van der Waals surface area contributed by atoms with Crippen LogP contribution in [0, 0.1) is 5.82 Å². The van der Waals surface area contributed by atoms with Crippen molar-refractivity contribution in [3.05, 3.63) is 72.0 Å². The minimum absolute atomic E-state index is 0.217. The van der Waals surface area contributed by atoms with Crippen LogP contribution in [0.4, 0.5) is 10.3 Å². The second-order valence-electron chi connectivity index (χ2n) is 7.03. The van der Waals surface area contributed by atoms with Gasteiger partial charge >= 0.3 is 0 Å². The summed E-state index contributed by atoms with van der Waals surface area (Å²) >= 11 is 0. The van der Waals surface area contributed by atoms with Gasteiger partial charge in [-0.2, -0.15) is 0 Å². The number of benzene rings is 1. The first-order valence-corrected chi connectivity index (χ1v) is 8.85. The second kappa shape index (κ2) is 6.86. The van der Waals surface area contributed by atoms with E-state index in [-0.39, 0.29) is 11.2 Å². The Balaban J connectivity index is 1.53. The fraction of sp³-hybridized carbons (Fsp3) is 0.350. The first-order chi connectivity index (χ1) is 12.6. The van der Waals surface area contributed by atoms with Gasteiger partial charge in [-0.15, -0.1) is 0 Å². The zero-order valence-corrected chi connectivity index (χ0v) is 14.7. The molecule has 0 bridgehead atoms. The number of anilines is 1. The van der Waals surface area contributed by atoms with Crippen molar-refractivity contribution in [1.82, 2.24) is 15.0 Å². The minimum Gasteiger partial charge on any atom is -0.445 e. The van der Waals surface area contributed by atoms with Crippen molar-refractivity contribution in [2.45, 2.75) is 31.6 Å². The summed E-state index contributed by atoms with van der Waals surface area (Å²) in [6, 6.07) is 8.57. The highest BCUT2D eigenvalue weighted by molar-refractivity contribution is 5.32. The van der Waals surface area contributed by atoms with Crippen LogP contribution in [0.5, 0.6) is 0 Å². The van der Waals surface area contributed by atoms with Gasteiger partial charge in [-0.1, -0.05) is 18.2 Å². The molecule has 134 valence electrons. The van der Waals surface area contributed by atoms with Crippen LogP contribution in [0.25, 0.3) is 0 Å². The molecule has 5 nitrogen and oxygen atoms in total. The summed E-state index contributed by atoms with van der Waals surface area (Å²) in [7, 11) is 0. The third kappa shape index (κ3) is 3.31. The largest absolute Gasteiger partial charge is 0.445 e. The van der Waals surface area contributed by atoms with Crippen molar-refractivity contribution in [1.29, 1.82) is 0 Å². The van der Waals surface area contributed by atoms with Gasteiger partial charge in [0.05, 0.1) is 11.6 Å². The van der Waals surface area contributed by atoms with Gasteiger partial charge in [0.1, 0.15) is 11.6 Å². The molecule has 1 aliphatic rings. The summed E-state index contributed by atoms with van der Waals surface area (Å²) in [6.07, 6.45) is 7.62. The van der Waals surface area contributed by atoms with Gasteiger partial charge in [0.2, 0.25) is 11.8 Å². The molecule has 1 aliphatic heterocycles. The molecule has 0 radical (unpaired) electrons. The standard InChI is InChI=1S/C20H21FN4O/c1-20(8-4-11-25(14-20)19-22-9-5-10-23-19)18-24-13-16(26-18)12-15-6-2-3-7-17(15)21/h2-3,5-7,9-10,13H,4,8,11-12,14H2,1H3/t20-/m0/s1. The van der Waals surface area contributed by atoms with Gasteiger partial charge in [-0.25, -0.2) is 19.3 Å². The molecule has 0 unspecified atom stereocenters. The Bertz CT molecular complexity index is 882. The molecular formula is C20H21FN4O. The lowest BCUT2D eigenvalue weighted by molar-refractivity contribution is 0.286. The average molecular weight is 352 g/mol. The molecule has 1 fully saturated rings. The van der Waals surface area contributed by atoms with E-state index in [9.17, 15) is 4.39 Å². The van der Waals surface area contributed by atoms with E-state index in [0.29, 0.717) is 23.6 Å². The number of nitrogens with zero attached hydrogens (tertiary/aromatic N) is 4. The lowest BCUT2D eigenvalue weighted by Gasteiger charge is -2.38. The summed E-state index contributed by atoms with van der Waals surface area (Å²) in [5, 5.41) is 0. The van der Waals surface area contributed by atoms with Crippen LogP contribution in [-0.2, 0) is 11.8 Å². The van der Waals surface area contributed by atoms with E-state index in [1.165, 1.54) is 6.07 Å². The van der Waals surface area contributed by atoms with E-state index >= 15 is 0 Å². The third-order valence-electron chi connectivity index (χ3n) is 4.92. The lowest BCUT2D eigenvalue weighted by atomic mass is 9.82. The third-order valence-corrected chi connectivity index (χ3v) is 4.92. The van der Waals surface area contributed by atoms with Crippen molar-refractivity contribution in [3.8, 4) is 0 Å². The van der Waals surface area contributed by atoms with Crippen LogP contribution in [0.15, 0.2) is 53.3 Å². The predicted octanol–water partition coefficient (Wildman–Crippen LogP) is 3.75. The molecule has 3 heterocycles. The smallest absolute Gasteiger partial charge is 0.225 e. The molecule has 1 aromatic carbocycles. The van der Waals surface area contributed by atoms with Crippen molar-refractivity contribution in [2.24, 2.45) is 0 Å². The summed E-state index contributed by atoms with van der Waals surface area (Å²) in [6.45, 7) is 3.82. The van der Waals surface area contributed by atoms with Crippen LogP contribution >= 0.6 is 0 Å². The van der Waals surface area contributed by atoms with Gasteiger partial charge in [0, 0.05) is 31.9 Å². The Morgan fingerprint density at radius 3 is 2.77 bits per heavy atom. The highest BCUT2D eigenvalue weighted by Gasteiger charge is 2.37. The maximum Gasteiger partial charge on any atom is 0.225 e. The van der Waals surface area contributed by atoms with E-state index in [2.05, 4.69) is 26.8 Å². The lowest BCUT2D eigenvalue weighted by Crippen LogP contribution is -2.45. The van der Waals surface area contributed by atoms with Crippen LogP contribution in [-0.4, -0.2) is 28.0 Å². The number of oxazole rings is 1. The molecular weight excluding hydrogens is 331 g/mol. The van der Waals surface area contributed by atoms with Gasteiger partial charge in [-0.05, 0) is 37.5 Å². The fourth-order valence-electron chi connectivity index (χ4n) is 3.54. The maximum atomic E-state index is 13.9. The monoisotopic (exact) mass is 352 g/mol. The highest BCUT2D eigenvalue weighted by Crippen LogP contribution is 2.34. The number of hydrogen-bond acceptors (Lipinski definition) is 5. The molecule has 0 saturated carbocycles. The zero-order valence-electron chi connectivity index (χ0n) is 14.7. The van der Waals surface area contributed by atoms with E-state index in [1.807, 2.05) is 12.1 Å². The summed E-state index contributed by atoms with van der Waals surface area (Å²) in [5.74, 6) is 1.89. The van der Waals surface area contributed by atoms with E-state index in [0.717, 1.165) is 31.9 Å². The van der Waals surface area contributed by atoms with Crippen molar-refractivity contribution >= 4 is 5.95 Å². The van der Waals surface area contributed by atoms with E-state index in [4.69, 9.17) is 4.42 Å². The first kappa shape index (κ1) is 16.7. The average Bonchev–Trinajstić information content (AvgIpc) is 3.14. The molecule has 4 rings (SSSR count). The Morgan fingerprint density at radius 2 is 1.96 bits per heavy atom. The zero-order chi connectivity index (χ0) is 18.0. The van der Waals surface area contributed by atoms with Gasteiger partial charge in [-0.3, -0.25) is 0 Å². The van der Waals surface area contributed by atoms with E-state index in [1.54, 1.807) is 30.7 Å². The molecule has 26 heavy (non-hydrogen) atoms. The van der Waals surface area contributed by atoms with Crippen LogP contribution in [0.1, 0.15) is 37.0 Å². The number of hydrogen-bond donors (Lipinski definition) is 0. The predicted molar refractivity (Wildman–Crippen MR) is 96.5 cm³/mol. The van der Waals surface area contributed by atoms with Crippen molar-refractivity contribution in [2.75, 3.05) is 18.0 Å². The van der Waals surface area contributed by atoms with Crippen molar-refractivity contribution in [3.63, 3.8) is 0 Å². The summed E-state index contributed by atoms with van der Waals surface area (Å²) in [5.41, 5.74) is 0.397. The fourth-order valence-corrected chi connectivity index (χ4v) is 3.54. The van der Waals surface area contributed by atoms with E-state index < -0.39 is 0 Å². The van der Waals surface area contributed by atoms with Crippen LogP contribution in [0.2, 0.25) is 0 Å².